The number of anilines is 1. The van der Waals surface area contributed by atoms with Gasteiger partial charge < -0.3 is 20.3 Å². The summed E-state index contributed by atoms with van der Waals surface area (Å²) < 4.78 is 5.61. The standard InChI is InChI=1S/C19H31N3OS/c1-4-23-18-9-6-5-8-17(18)21-19(24)20-10-7-11-22-13-15(2)12-16(3)14-22/h5-6,8-9,15-16H,4,7,10-14H2,1-3H3,(H2,20,21,24)/t15-,16-/m0/s1. The van der Waals surface area contributed by atoms with Crippen molar-refractivity contribution in [1.29, 1.82) is 0 Å². The van der Waals surface area contributed by atoms with E-state index in [1.807, 2.05) is 31.2 Å². The molecular weight excluding hydrogens is 318 g/mol. The van der Waals surface area contributed by atoms with Crippen molar-refractivity contribution in [2.24, 2.45) is 11.8 Å². The van der Waals surface area contributed by atoms with Gasteiger partial charge in [0.05, 0.1) is 12.3 Å². The molecule has 0 bridgehead atoms. The first kappa shape index (κ1) is 19.0. The zero-order valence-corrected chi connectivity index (χ0v) is 16.0. The van der Waals surface area contributed by atoms with Crippen LogP contribution in [0.3, 0.4) is 0 Å². The summed E-state index contributed by atoms with van der Waals surface area (Å²) in [6, 6.07) is 7.88. The maximum atomic E-state index is 5.61. The van der Waals surface area contributed by atoms with E-state index in [4.69, 9.17) is 17.0 Å². The Kier molecular flexibility index (Phi) is 7.79. The number of hydrogen-bond acceptors (Lipinski definition) is 3. The van der Waals surface area contributed by atoms with Crippen LogP contribution in [0.2, 0.25) is 0 Å². The van der Waals surface area contributed by atoms with E-state index in [1.165, 1.54) is 19.5 Å². The Labute approximate surface area is 152 Å². The molecule has 2 N–H and O–H groups in total. The molecule has 1 saturated heterocycles. The van der Waals surface area contributed by atoms with Gasteiger partial charge in [0.1, 0.15) is 5.75 Å². The third kappa shape index (κ3) is 6.29. The normalized spacial score (nSPS) is 21.3. The zero-order valence-electron chi connectivity index (χ0n) is 15.2. The van der Waals surface area contributed by atoms with Crippen LogP contribution >= 0.6 is 12.2 Å². The summed E-state index contributed by atoms with van der Waals surface area (Å²) in [5, 5.41) is 7.19. The van der Waals surface area contributed by atoms with Crippen molar-refractivity contribution in [1.82, 2.24) is 10.2 Å². The van der Waals surface area contributed by atoms with E-state index in [-0.39, 0.29) is 0 Å². The lowest BCUT2D eigenvalue weighted by molar-refractivity contribution is 0.140. The van der Waals surface area contributed by atoms with Gasteiger partial charge in [-0.05, 0) is 62.5 Å². The Hall–Kier alpha value is -1.33. The first-order valence-corrected chi connectivity index (χ1v) is 9.48. The third-order valence-electron chi connectivity index (χ3n) is 4.32. The van der Waals surface area contributed by atoms with Crippen molar-refractivity contribution >= 4 is 23.0 Å². The molecule has 134 valence electrons. The molecule has 0 unspecified atom stereocenters. The Morgan fingerprint density at radius 3 is 2.67 bits per heavy atom. The number of hydrogen-bond donors (Lipinski definition) is 2. The number of nitrogens with zero attached hydrogens (tertiary/aromatic N) is 1. The van der Waals surface area contributed by atoms with E-state index in [2.05, 4.69) is 29.4 Å². The summed E-state index contributed by atoms with van der Waals surface area (Å²) >= 11 is 5.40. The van der Waals surface area contributed by atoms with Gasteiger partial charge in [0.25, 0.3) is 0 Å². The lowest BCUT2D eigenvalue weighted by atomic mass is 9.92. The summed E-state index contributed by atoms with van der Waals surface area (Å²) in [5.41, 5.74) is 0.913. The van der Waals surface area contributed by atoms with Crippen LogP contribution in [0, 0.1) is 11.8 Å². The van der Waals surface area contributed by atoms with Gasteiger partial charge in [-0.1, -0.05) is 26.0 Å². The number of ether oxygens (including phenoxy) is 1. The molecule has 1 aromatic rings. The molecule has 1 aliphatic rings. The number of piperidine rings is 1. The summed E-state index contributed by atoms with van der Waals surface area (Å²) in [6.07, 6.45) is 2.47. The predicted octanol–water partition coefficient (Wildman–Crippen LogP) is 3.74. The fourth-order valence-corrected chi connectivity index (χ4v) is 3.71. The summed E-state index contributed by atoms with van der Waals surface area (Å²) in [6.45, 7) is 11.8. The second kappa shape index (κ2) is 9.84. The van der Waals surface area contributed by atoms with E-state index >= 15 is 0 Å². The minimum atomic E-state index is 0.644. The van der Waals surface area contributed by atoms with Crippen molar-refractivity contribution in [3.05, 3.63) is 24.3 Å². The fourth-order valence-electron chi connectivity index (χ4n) is 3.50. The topological polar surface area (TPSA) is 36.5 Å². The van der Waals surface area contributed by atoms with Crippen LogP contribution in [-0.2, 0) is 0 Å². The summed E-state index contributed by atoms with van der Waals surface area (Å²) in [4.78, 5) is 2.58. The molecule has 4 nitrogen and oxygen atoms in total. The van der Waals surface area contributed by atoms with E-state index in [9.17, 15) is 0 Å². The number of rotatable bonds is 7. The molecule has 1 aromatic carbocycles. The van der Waals surface area contributed by atoms with E-state index in [1.54, 1.807) is 0 Å². The van der Waals surface area contributed by atoms with E-state index in [0.29, 0.717) is 11.7 Å². The molecule has 0 aromatic heterocycles. The van der Waals surface area contributed by atoms with E-state index < -0.39 is 0 Å². The third-order valence-corrected chi connectivity index (χ3v) is 4.56. The van der Waals surface area contributed by atoms with Gasteiger partial charge in [-0.3, -0.25) is 0 Å². The molecule has 1 aliphatic heterocycles. The number of nitrogens with one attached hydrogen (secondary N) is 2. The van der Waals surface area contributed by atoms with Gasteiger partial charge >= 0.3 is 0 Å². The van der Waals surface area contributed by atoms with Gasteiger partial charge in [-0.15, -0.1) is 0 Å². The minimum absolute atomic E-state index is 0.644. The molecule has 0 spiro atoms. The Morgan fingerprint density at radius 2 is 1.96 bits per heavy atom. The van der Waals surface area contributed by atoms with Gasteiger partial charge in [0, 0.05) is 19.6 Å². The highest BCUT2D eigenvalue weighted by atomic mass is 32.1. The summed E-state index contributed by atoms with van der Waals surface area (Å²) in [5.74, 6) is 2.47. The van der Waals surface area contributed by atoms with Gasteiger partial charge in [-0.2, -0.15) is 0 Å². The minimum Gasteiger partial charge on any atom is -0.492 e. The monoisotopic (exact) mass is 349 g/mol. The van der Waals surface area contributed by atoms with Crippen LogP contribution in [0.4, 0.5) is 5.69 Å². The van der Waals surface area contributed by atoms with Gasteiger partial charge in [0.2, 0.25) is 0 Å². The molecule has 5 heteroatoms. The average Bonchev–Trinajstić information content (AvgIpc) is 2.53. The predicted molar refractivity (Wildman–Crippen MR) is 106 cm³/mol. The maximum absolute atomic E-state index is 5.61. The fraction of sp³-hybridized carbons (Fsp3) is 0.632. The number of benzene rings is 1. The van der Waals surface area contributed by atoms with Crippen LogP contribution in [0.25, 0.3) is 0 Å². The van der Waals surface area contributed by atoms with E-state index in [0.717, 1.165) is 42.8 Å². The van der Waals surface area contributed by atoms with Crippen molar-refractivity contribution in [3.8, 4) is 5.75 Å². The Morgan fingerprint density at radius 1 is 1.25 bits per heavy atom. The SMILES string of the molecule is CCOc1ccccc1NC(=S)NCCCN1C[C@@H](C)C[C@H](C)C1. The Balaban J connectivity index is 1.68. The molecule has 0 radical (unpaired) electrons. The lowest BCUT2D eigenvalue weighted by Gasteiger charge is -2.35. The molecule has 0 aliphatic carbocycles. The molecule has 24 heavy (non-hydrogen) atoms. The first-order valence-electron chi connectivity index (χ1n) is 9.07. The highest BCUT2D eigenvalue weighted by molar-refractivity contribution is 7.80. The second-order valence-electron chi connectivity index (χ2n) is 6.87. The molecule has 1 heterocycles. The first-order chi connectivity index (χ1) is 11.6. The highest BCUT2D eigenvalue weighted by Crippen LogP contribution is 2.23. The summed E-state index contributed by atoms with van der Waals surface area (Å²) in [7, 11) is 0. The molecule has 0 amide bonds. The lowest BCUT2D eigenvalue weighted by Crippen LogP contribution is -2.40. The molecule has 2 atom stereocenters. The van der Waals surface area contributed by atoms with Crippen LogP contribution in [-0.4, -0.2) is 42.8 Å². The van der Waals surface area contributed by atoms with Crippen LogP contribution in [0.5, 0.6) is 5.75 Å². The van der Waals surface area contributed by atoms with Crippen LogP contribution in [0.15, 0.2) is 24.3 Å². The Bertz CT molecular complexity index is 513. The van der Waals surface area contributed by atoms with Gasteiger partial charge in [-0.25, -0.2) is 0 Å². The van der Waals surface area contributed by atoms with Crippen LogP contribution < -0.4 is 15.4 Å². The van der Waals surface area contributed by atoms with Gasteiger partial charge in [0.15, 0.2) is 5.11 Å². The van der Waals surface area contributed by atoms with Crippen LogP contribution in [0.1, 0.15) is 33.6 Å². The highest BCUT2D eigenvalue weighted by Gasteiger charge is 2.20. The smallest absolute Gasteiger partial charge is 0.170 e. The number of para-hydroxylation sites is 2. The zero-order chi connectivity index (χ0) is 17.4. The van der Waals surface area contributed by atoms with Crippen molar-refractivity contribution in [3.63, 3.8) is 0 Å². The quantitative estimate of drug-likeness (QED) is 0.579. The van der Waals surface area contributed by atoms with Crippen molar-refractivity contribution in [2.75, 3.05) is 38.1 Å². The largest absolute Gasteiger partial charge is 0.492 e. The number of thiocarbonyl (C=S) groups is 1. The number of likely N-dealkylation sites (tertiary alicyclic amines) is 1. The molecule has 0 saturated carbocycles. The molecule has 2 rings (SSSR count). The van der Waals surface area contributed by atoms with Crippen molar-refractivity contribution < 1.29 is 4.74 Å². The second-order valence-corrected chi connectivity index (χ2v) is 7.28. The van der Waals surface area contributed by atoms with Crippen molar-refractivity contribution in [2.45, 2.75) is 33.6 Å². The average molecular weight is 350 g/mol. The molecule has 1 fully saturated rings. The maximum Gasteiger partial charge on any atom is 0.170 e. The molecular formula is C19H31N3OS.